The van der Waals surface area contributed by atoms with E-state index >= 15 is 0 Å². The normalized spacial score (nSPS) is 14.6. The topological polar surface area (TPSA) is 58.4 Å². The number of carbonyl (C=O) groups is 1. The fourth-order valence-electron chi connectivity index (χ4n) is 2.85. The van der Waals surface area contributed by atoms with Gasteiger partial charge in [0, 0.05) is 26.1 Å². The van der Waals surface area contributed by atoms with E-state index in [4.69, 9.17) is 5.73 Å². The van der Waals surface area contributed by atoms with Crippen LogP contribution in [-0.2, 0) is 11.2 Å². The van der Waals surface area contributed by atoms with Gasteiger partial charge >= 0.3 is 0 Å². The van der Waals surface area contributed by atoms with E-state index in [1.807, 2.05) is 6.07 Å². The molecule has 122 valence electrons. The van der Waals surface area contributed by atoms with Gasteiger partial charge in [-0.2, -0.15) is 0 Å². The number of amides is 1. The highest BCUT2D eigenvalue weighted by Gasteiger charge is 2.15. The van der Waals surface area contributed by atoms with Gasteiger partial charge in [0.2, 0.25) is 5.91 Å². The van der Waals surface area contributed by atoms with Gasteiger partial charge in [0.15, 0.2) is 0 Å². The Morgan fingerprint density at radius 2 is 2.05 bits per heavy atom. The number of anilines is 2. The summed E-state index contributed by atoms with van der Waals surface area (Å²) in [4.78, 5) is 14.2. The van der Waals surface area contributed by atoms with Crippen molar-refractivity contribution in [2.24, 2.45) is 5.92 Å². The number of benzene rings is 1. The number of nitrogens with zero attached hydrogens (tertiary/aromatic N) is 1. The molecule has 1 saturated heterocycles. The molecule has 1 aliphatic rings. The van der Waals surface area contributed by atoms with E-state index in [0.717, 1.165) is 49.4 Å². The highest BCUT2D eigenvalue weighted by molar-refractivity contribution is 5.76. The summed E-state index contributed by atoms with van der Waals surface area (Å²) in [5, 5.41) is 2.98. The van der Waals surface area contributed by atoms with Crippen LogP contribution in [0.25, 0.3) is 0 Å². The SMILES string of the molecule is CC(C)CCNC(=O)CCc1ccc(N2CCCC2)c(N)c1. The van der Waals surface area contributed by atoms with Crippen molar-refractivity contribution in [1.82, 2.24) is 5.32 Å². The fourth-order valence-corrected chi connectivity index (χ4v) is 2.85. The van der Waals surface area contributed by atoms with E-state index in [9.17, 15) is 4.79 Å². The minimum absolute atomic E-state index is 0.128. The zero-order valence-corrected chi connectivity index (χ0v) is 13.9. The summed E-state index contributed by atoms with van der Waals surface area (Å²) < 4.78 is 0. The molecule has 2 rings (SSSR count). The zero-order chi connectivity index (χ0) is 15.9. The smallest absolute Gasteiger partial charge is 0.220 e. The fraction of sp³-hybridized carbons (Fsp3) is 0.611. The summed E-state index contributed by atoms with van der Waals surface area (Å²) >= 11 is 0. The maximum Gasteiger partial charge on any atom is 0.220 e. The Balaban J connectivity index is 1.80. The second-order valence-electron chi connectivity index (χ2n) is 6.62. The minimum Gasteiger partial charge on any atom is -0.397 e. The molecule has 3 N–H and O–H groups in total. The monoisotopic (exact) mass is 303 g/mol. The van der Waals surface area contributed by atoms with Crippen LogP contribution in [0.3, 0.4) is 0 Å². The van der Waals surface area contributed by atoms with Crippen molar-refractivity contribution >= 4 is 17.3 Å². The van der Waals surface area contributed by atoms with Gasteiger partial charge < -0.3 is 16.0 Å². The Labute approximate surface area is 134 Å². The predicted molar refractivity (Wildman–Crippen MR) is 93.1 cm³/mol. The number of nitrogens with one attached hydrogen (secondary N) is 1. The van der Waals surface area contributed by atoms with Crippen LogP contribution in [0.2, 0.25) is 0 Å². The first-order valence-electron chi connectivity index (χ1n) is 8.46. The number of aryl methyl sites for hydroxylation is 1. The predicted octanol–water partition coefficient (Wildman–Crippen LogP) is 2.96. The van der Waals surface area contributed by atoms with Crippen LogP contribution >= 0.6 is 0 Å². The molecule has 0 radical (unpaired) electrons. The lowest BCUT2D eigenvalue weighted by Crippen LogP contribution is -2.25. The third kappa shape index (κ3) is 4.93. The Hall–Kier alpha value is -1.71. The summed E-state index contributed by atoms with van der Waals surface area (Å²) in [6.45, 7) is 7.30. The van der Waals surface area contributed by atoms with Crippen molar-refractivity contribution in [2.75, 3.05) is 30.3 Å². The van der Waals surface area contributed by atoms with Crippen LogP contribution in [0.5, 0.6) is 0 Å². The molecule has 4 nitrogen and oxygen atoms in total. The van der Waals surface area contributed by atoms with Crippen LogP contribution in [0.15, 0.2) is 18.2 Å². The lowest BCUT2D eigenvalue weighted by molar-refractivity contribution is -0.121. The van der Waals surface area contributed by atoms with Gasteiger partial charge in [0.05, 0.1) is 11.4 Å². The van der Waals surface area contributed by atoms with Gasteiger partial charge in [0.1, 0.15) is 0 Å². The Morgan fingerprint density at radius 1 is 1.32 bits per heavy atom. The van der Waals surface area contributed by atoms with Crippen LogP contribution in [-0.4, -0.2) is 25.5 Å². The van der Waals surface area contributed by atoms with Crippen molar-refractivity contribution in [1.29, 1.82) is 0 Å². The number of rotatable bonds is 7. The average Bonchev–Trinajstić information content (AvgIpc) is 2.99. The van der Waals surface area contributed by atoms with Gasteiger partial charge in [0.25, 0.3) is 0 Å². The Kier molecular flexibility index (Phi) is 6.10. The average molecular weight is 303 g/mol. The molecule has 0 unspecified atom stereocenters. The molecule has 1 aromatic carbocycles. The summed E-state index contributed by atoms with van der Waals surface area (Å²) in [6, 6.07) is 6.23. The highest BCUT2D eigenvalue weighted by atomic mass is 16.1. The highest BCUT2D eigenvalue weighted by Crippen LogP contribution is 2.27. The molecular formula is C18H29N3O. The van der Waals surface area contributed by atoms with E-state index in [1.54, 1.807) is 0 Å². The van der Waals surface area contributed by atoms with E-state index in [2.05, 4.69) is 36.2 Å². The zero-order valence-electron chi connectivity index (χ0n) is 13.9. The molecule has 0 bridgehead atoms. The van der Waals surface area contributed by atoms with Crippen LogP contribution in [0.4, 0.5) is 11.4 Å². The molecule has 0 saturated carbocycles. The van der Waals surface area contributed by atoms with Gasteiger partial charge in [-0.1, -0.05) is 19.9 Å². The molecule has 0 aliphatic carbocycles. The molecule has 1 aromatic rings. The summed E-state index contributed by atoms with van der Waals surface area (Å²) in [7, 11) is 0. The second kappa shape index (κ2) is 8.06. The maximum absolute atomic E-state index is 11.8. The minimum atomic E-state index is 0.128. The lowest BCUT2D eigenvalue weighted by Gasteiger charge is -2.20. The number of nitrogen functional groups attached to an aromatic ring is 1. The van der Waals surface area contributed by atoms with E-state index in [0.29, 0.717) is 12.3 Å². The first-order valence-corrected chi connectivity index (χ1v) is 8.46. The third-order valence-corrected chi connectivity index (χ3v) is 4.22. The van der Waals surface area contributed by atoms with Crippen LogP contribution in [0.1, 0.15) is 45.1 Å². The molecule has 0 aromatic heterocycles. The molecule has 1 fully saturated rings. The van der Waals surface area contributed by atoms with Crippen molar-refractivity contribution in [3.05, 3.63) is 23.8 Å². The van der Waals surface area contributed by atoms with Gasteiger partial charge in [-0.15, -0.1) is 0 Å². The molecule has 1 aliphatic heterocycles. The molecular weight excluding hydrogens is 274 g/mol. The van der Waals surface area contributed by atoms with E-state index in [-0.39, 0.29) is 5.91 Å². The lowest BCUT2D eigenvalue weighted by atomic mass is 10.1. The summed E-state index contributed by atoms with van der Waals surface area (Å²) in [5.41, 5.74) is 9.29. The second-order valence-corrected chi connectivity index (χ2v) is 6.62. The molecule has 1 amide bonds. The number of carbonyl (C=O) groups excluding carboxylic acids is 1. The largest absolute Gasteiger partial charge is 0.397 e. The molecule has 4 heteroatoms. The first-order chi connectivity index (χ1) is 10.6. The quantitative estimate of drug-likeness (QED) is 0.761. The van der Waals surface area contributed by atoms with Crippen LogP contribution in [0, 0.1) is 5.92 Å². The maximum atomic E-state index is 11.8. The van der Waals surface area contributed by atoms with E-state index < -0.39 is 0 Å². The Morgan fingerprint density at radius 3 is 2.68 bits per heavy atom. The molecule has 22 heavy (non-hydrogen) atoms. The van der Waals surface area contributed by atoms with Crippen molar-refractivity contribution < 1.29 is 4.79 Å². The van der Waals surface area contributed by atoms with Crippen molar-refractivity contribution in [3.63, 3.8) is 0 Å². The van der Waals surface area contributed by atoms with Gasteiger partial charge in [-0.05, 0) is 49.3 Å². The summed E-state index contributed by atoms with van der Waals surface area (Å²) in [5.74, 6) is 0.751. The molecule has 0 spiro atoms. The first kappa shape index (κ1) is 16.7. The summed E-state index contributed by atoms with van der Waals surface area (Å²) in [6.07, 6.45) is 4.80. The number of nitrogens with two attached hydrogens (primary N) is 1. The van der Waals surface area contributed by atoms with Crippen molar-refractivity contribution in [3.8, 4) is 0 Å². The van der Waals surface area contributed by atoms with Crippen molar-refractivity contribution in [2.45, 2.75) is 46.0 Å². The number of hydrogen-bond donors (Lipinski definition) is 2. The van der Waals surface area contributed by atoms with Gasteiger partial charge in [-0.25, -0.2) is 0 Å². The molecule has 1 heterocycles. The standard InChI is InChI=1S/C18H29N3O/c1-14(2)9-10-20-18(22)8-6-15-5-7-17(16(19)13-15)21-11-3-4-12-21/h5,7,13-14H,3-4,6,8-12,19H2,1-2H3,(H,20,22). The molecule has 0 atom stereocenters. The third-order valence-electron chi connectivity index (χ3n) is 4.22. The Bertz CT molecular complexity index is 493. The van der Waals surface area contributed by atoms with Crippen LogP contribution < -0.4 is 16.0 Å². The van der Waals surface area contributed by atoms with Gasteiger partial charge in [-0.3, -0.25) is 4.79 Å². The number of hydrogen-bond acceptors (Lipinski definition) is 3. The van der Waals surface area contributed by atoms with E-state index in [1.165, 1.54) is 12.8 Å².